The quantitative estimate of drug-likeness (QED) is 0.155. The molecule has 8 heteroatoms. The van der Waals surface area contributed by atoms with E-state index in [1.54, 1.807) is 0 Å². The van der Waals surface area contributed by atoms with Gasteiger partial charge in [-0.1, -0.05) is 151 Å². The lowest BCUT2D eigenvalue weighted by Gasteiger charge is -2.44. The van der Waals surface area contributed by atoms with Gasteiger partial charge in [0.05, 0.1) is 5.52 Å². The fourth-order valence-corrected chi connectivity index (χ4v) is 12.8. The summed E-state index contributed by atoms with van der Waals surface area (Å²) in [5.74, 6) is 3.19. The third-order valence-corrected chi connectivity index (χ3v) is 15.4. The second-order valence-electron chi connectivity index (χ2n) is 18.0. The van der Waals surface area contributed by atoms with Crippen LogP contribution in [-0.2, 0) is 0 Å². The van der Waals surface area contributed by atoms with Gasteiger partial charge in [-0.05, 0) is 100 Å². The molecule has 0 spiro atoms. The Bertz CT molecular complexity index is 3870. The van der Waals surface area contributed by atoms with E-state index in [-0.39, 0.29) is 13.4 Å². The largest absolute Gasteiger partial charge is 0.457 e. The molecule has 5 heterocycles. The summed E-state index contributed by atoms with van der Waals surface area (Å²) in [7, 11) is 0. The van der Waals surface area contributed by atoms with Gasteiger partial charge >= 0.3 is 0 Å². The molecule has 68 heavy (non-hydrogen) atoms. The molecule has 0 amide bonds. The molecule has 15 rings (SSSR count). The highest BCUT2D eigenvalue weighted by atomic mass is 32.2. The van der Waals surface area contributed by atoms with E-state index in [9.17, 15) is 0 Å². The van der Waals surface area contributed by atoms with Crippen LogP contribution in [0.4, 0.5) is 34.1 Å². The van der Waals surface area contributed by atoms with Crippen molar-refractivity contribution < 1.29 is 9.47 Å². The van der Waals surface area contributed by atoms with Crippen molar-refractivity contribution in [1.82, 2.24) is 4.57 Å². The van der Waals surface area contributed by atoms with E-state index in [4.69, 9.17) is 9.47 Å². The van der Waals surface area contributed by atoms with E-state index in [0.717, 1.165) is 62.8 Å². The SMILES string of the molecule is c1ccc(Oc2cc3c4c(c2)N(c2ccccc2)c2cc5c(cc2B4c2ccccc2S3)B2c3c(cc(Oc4ccccc4)cc3-n3c4ccccc4c4cccc2c43)N5c2ccccc2)cc1. The first kappa shape index (κ1) is 37.9. The van der Waals surface area contributed by atoms with E-state index < -0.39 is 0 Å². The first-order chi connectivity index (χ1) is 33.7. The van der Waals surface area contributed by atoms with Crippen LogP contribution in [0.1, 0.15) is 0 Å². The topological polar surface area (TPSA) is 29.9 Å². The van der Waals surface area contributed by atoms with E-state index in [0.29, 0.717) is 0 Å². The smallest absolute Gasteiger partial charge is 0.252 e. The van der Waals surface area contributed by atoms with Gasteiger partial charge < -0.3 is 23.8 Å². The Morgan fingerprint density at radius 2 is 0.853 bits per heavy atom. The van der Waals surface area contributed by atoms with Gasteiger partial charge in [-0.25, -0.2) is 0 Å². The Morgan fingerprint density at radius 1 is 0.338 bits per heavy atom. The van der Waals surface area contributed by atoms with Crippen molar-refractivity contribution in [3.8, 4) is 28.7 Å². The first-order valence-corrected chi connectivity index (χ1v) is 24.0. The molecule has 0 unspecified atom stereocenters. The number of benzene rings is 10. The lowest BCUT2D eigenvalue weighted by molar-refractivity contribution is 0.481. The summed E-state index contributed by atoms with van der Waals surface area (Å²) in [6.07, 6.45) is 0. The highest BCUT2D eigenvalue weighted by Gasteiger charge is 2.47. The van der Waals surface area contributed by atoms with Gasteiger partial charge in [0.25, 0.3) is 6.71 Å². The Labute approximate surface area is 398 Å². The maximum Gasteiger partial charge on any atom is 0.252 e. The van der Waals surface area contributed by atoms with E-state index >= 15 is 0 Å². The van der Waals surface area contributed by atoms with Crippen LogP contribution in [0.5, 0.6) is 23.0 Å². The maximum atomic E-state index is 6.87. The molecule has 0 aliphatic carbocycles. The Balaban J connectivity index is 1.06. The minimum Gasteiger partial charge on any atom is -0.457 e. The third-order valence-electron chi connectivity index (χ3n) is 14.3. The average molecular weight is 886 g/mol. The summed E-state index contributed by atoms with van der Waals surface area (Å²) in [5, 5.41) is 2.50. The highest BCUT2D eigenvalue weighted by molar-refractivity contribution is 8.00. The molecule has 0 bridgehead atoms. The van der Waals surface area contributed by atoms with Crippen LogP contribution in [0.25, 0.3) is 27.5 Å². The van der Waals surface area contributed by atoms with Gasteiger partial charge in [-0.3, -0.25) is 0 Å². The zero-order chi connectivity index (χ0) is 44.5. The van der Waals surface area contributed by atoms with Crippen molar-refractivity contribution in [3.63, 3.8) is 0 Å². The molecule has 11 aromatic rings. The van der Waals surface area contributed by atoms with Crippen LogP contribution in [0.3, 0.4) is 0 Å². The van der Waals surface area contributed by atoms with Crippen LogP contribution >= 0.6 is 11.8 Å². The highest BCUT2D eigenvalue weighted by Crippen LogP contribution is 2.48. The van der Waals surface area contributed by atoms with Crippen LogP contribution in [-0.4, -0.2) is 18.0 Å². The Hall–Kier alpha value is -8.32. The minimum absolute atomic E-state index is 0.0259. The van der Waals surface area contributed by atoms with Crippen molar-refractivity contribution in [2.45, 2.75) is 9.79 Å². The number of hydrogen-bond donors (Lipinski definition) is 0. The number of para-hydroxylation sites is 6. The van der Waals surface area contributed by atoms with Gasteiger partial charge in [0.1, 0.15) is 23.0 Å². The van der Waals surface area contributed by atoms with Crippen LogP contribution in [0, 0.1) is 0 Å². The molecule has 10 aromatic carbocycles. The molecule has 316 valence electrons. The molecule has 0 N–H and O–H groups in total. The van der Waals surface area contributed by atoms with E-state index in [1.807, 2.05) is 72.4 Å². The Morgan fingerprint density at radius 3 is 1.53 bits per heavy atom. The molecule has 1 aromatic heterocycles. The summed E-state index contributed by atoms with van der Waals surface area (Å²) in [5.41, 5.74) is 18.0. The number of hydrogen-bond acceptors (Lipinski definition) is 5. The number of rotatable bonds is 6. The summed E-state index contributed by atoms with van der Waals surface area (Å²) in [6.45, 7) is -0.102. The second-order valence-corrected chi connectivity index (χ2v) is 19.1. The van der Waals surface area contributed by atoms with Crippen LogP contribution in [0.15, 0.2) is 234 Å². The molecule has 0 radical (unpaired) electrons. The number of anilines is 6. The predicted molar refractivity (Wildman–Crippen MR) is 283 cm³/mol. The van der Waals surface area contributed by atoms with Gasteiger partial charge in [0, 0.05) is 84.1 Å². The molecular formula is C60H37B2N3O2S. The second kappa shape index (κ2) is 14.6. The minimum atomic E-state index is -0.0764. The lowest BCUT2D eigenvalue weighted by atomic mass is 9.31. The molecule has 0 saturated carbocycles. The molecule has 5 nitrogen and oxygen atoms in total. The first-order valence-electron chi connectivity index (χ1n) is 23.2. The standard InChI is InChI=1S/C60H37B2N3O2S/c1-5-18-38(19-6-1)63-52-37-51-48(61-46-28-14-16-31-56(46)68-57-35-43(67-41-24-11-4-12-25-41)34-55(59(57)61)64(51)39-20-7-2-8-21-39)36-49(52)62-47-29-17-27-45-44-26-13-15-30-50(44)65(60(45)47)54-33-42(32-53(63)58(54)62)66-40-22-9-3-10-23-40/h1-37H. The van der Waals surface area contributed by atoms with Gasteiger partial charge in [0.15, 0.2) is 0 Å². The maximum absolute atomic E-state index is 6.87. The lowest BCUT2D eigenvalue weighted by Crippen LogP contribution is -2.64. The Kier molecular flexibility index (Phi) is 8.12. The fraction of sp³-hybridized carbons (Fsp3) is 0. The van der Waals surface area contributed by atoms with Crippen LogP contribution < -0.4 is 52.1 Å². The summed E-state index contributed by atoms with van der Waals surface area (Å²) in [6, 6.07) is 80.9. The molecule has 4 aliphatic heterocycles. The summed E-state index contributed by atoms with van der Waals surface area (Å²) < 4.78 is 16.1. The number of fused-ring (bicyclic) bond motifs is 11. The van der Waals surface area contributed by atoms with Crippen LogP contribution in [0.2, 0.25) is 0 Å². The van der Waals surface area contributed by atoms with Crippen molar-refractivity contribution >= 4 is 114 Å². The van der Waals surface area contributed by atoms with Crippen molar-refractivity contribution in [3.05, 3.63) is 224 Å². The van der Waals surface area contributed by atoms with Crippen molar-refractivity contribution in [2.24, 2.45) is 0 Å². The number of nitrogens with zero attached hydrogens (tertiary/aromatic N) is 3. The third kappa shape index (κ3) is 5.49. The van der Waals surface area contributed by atoms with E-state index in [2.05, 4.69) is 178 Å². The number of aromatic nitrogens is 1. The summed E-state index contributed by atoms with van der Waals surface area (Å²) >= 11 is 1.84. The zero-order valence-corrected chi connectivity index (χ0v) is 37.4. The monoisotopic (exact) mass is 885 g/mol. The molecule has 0 atom stereocenters. The van der Waals surface area contributed by atoms with Gasteiger partial charge in [-0.15, -0.1) is 0 Å². The number of ether oxygens (including phenoxy) is 2. The average Bonchev–Trinajstić information content (AvgIpc) is 3.73. The van der Waals surface area contributed by atoms with Gasteiger partial charge in [0.2, 0.25) is 6.71 Å². The van der Waals surface area contributed by atoms with Crippen molar-refractivity contribution in [2.75, 3.05) is 9.80 Å². The molecular weight excluding hydrogens is 848 g/mol. The summed E-state index contributed by atoms with van der Waals surface area (Å²) in [4.78, 5) is 7.44. The van der Waals surface area contributed by atoms with Crippen molar-refractivity contribution in [1.29, 1.82) is 0 Å². The predicted octanol–water partition coefficient (Wildman–Crippen LogP) is 11.7. The molecule has 4 aliphatic rings. The molecule has 0 fully saturated rings. The van der Waals surface area contributed by atoms with E-state index in [1.165, 1.54) is 64.4 Å². The molecule has 0 saturated heterocycles. The fourth-order valence-electron chi connectivity index (χ4n) is 11.6. The van der Waals surface area contributed by atoms with Gasteiger partial charge in [-0.2, -0.15) is 0 Å². The zero-order valence-electron chi connectivity index (χ0n) is 36.6. The normalized spacial score (nSPS) is 13.4.